The van der Waals surface area contributed by atoms with Crippen molar-refractivity contribution in [3.05, 3.63) is 138 Å². The Kier molecular flexibility index (Phi) is 7.41. The molecular formula is C39H36N2O. The number of aromatic amines is 1. The van der Waals surface area contributed by atoms with Gasteiger partial charge >= 0.3 is 0 Å². The van der Waals surface area contributed by atoms with E-state index < -0.39 is 0 Å². The van der Waals surface area contributed by atoms with Gasteiger partial charge in [-0.3, -0.25) is 0 Å². The van der Waals surface area contributed by atoms with E-state index in [0.717, 1.165) is 17.8 Å². The average molecular weight is 549 g/mol. The molecule has 0 spiro atoms. The molecule has 0 saturated heterocycles. The van der Waals surface area contributed by atoms with Crippen LogP contribution in [0.2, 0.25) is 0 Å². The molecule has 1 N–H and O–H groups in total. The van der Waals surface area contributed by atoms with Crippen LogP contribution in [-0.2, 0) is 13.5 Å². The number of nitrogens with one attached hydrogen (secondary N) is 1. The highest BCUT2D eigenvalue weighted by Crippen LogP contribution is 2.34. The van der Waals surface area contributed by atoms with Gasteiger partial charge in [-0.2, -0.15) is 0 Å². The van der Waals surface area contributed by atoms with Crippen LogP contribution in [0.5, 0.6) is 0 Å². The molecule has 208 valence electrons. The first kappa shape index (κ1) is 27.2. The van der Waals surface area contributed by atoms with Crippen molar-refractivity contribution in [1.82, 2.24) is 9.55 Å². The first-order valence-corrected chi connectivity index (χ1v) is 14.7. The van der Waals surface area contributed by atoms with E-state index in [4.69, 9.17) is 4.42 Å². The second-order valence-corrected chi connectivity index (χ2v) is 10.4. The Morgan fingerprint density at radius 1 is 0.690 bits per heavy atom. The zero-order valence-corrected chi connectivity index (χ0v) is 24.7. The van der Waals surface area contributed by atoms with Crippen LogP contribution in [-0.4, -0.2) is 9.55 Å². The predicted molar refractivity (Wildman–Crippen MR) is 181 cm³/mol. The van der Waals surface area contributed by atoms with E-state index in [-0.39, 0.29) is 0 Å². The minimum atomic E-state index is 0.871. The monoisotopic (exact) mass is 548 g/mol. The van der Waals surface area contributed by atoms with E-state index >= 15 is 0 Å². The Labute approximate surface area is 246 Å². The van der Waals surface area contributed by atoms with Crippen molar-refractivity contribution in [3.8, 4) is 0 Å². The normalized spacial score (nSPS) is 11.0. The molecule has 42 heavy (non-hydrogen) atoms. The van der Waals surface area contributed by atoms with Gasteiger partial charge in [0.1, 0.15) is 11.3 Å². The first-order valence-electron chi connectivity index (χ1n) is 14.7. The lowest BCUT2D eigenvalue weighted by Crippen LogP contribution is -1.95. The molecular weight excluding hydrogens is 512 g/mol. The summed E-state index contributed by atoms with van der Waals surface area (Å²) in [5.41, 5.74) is 9.87. The van der Waals surface area contributed by atoms with Gasteiger partial charge in [-0.25, -0.2) is 0 Å². The van der Waals surface area contributed by atoms with E-state index in [0.29, 0.717) is 0 Å². The molecule has 0 aliphatic carbocycles. The number of hydrogen-bond acceptors (Lipinski definition) is 1. The van der Waals surface area contributed by atoms with Crippen molar-refractivity contribution in [2.75, 3.05) is 0 Å². The average Bonchev–Trinajstić information content (AvgIpc) is 3.69. The lowest BCUT2D eigenvalue weighted by atomic mass is 9.98. The number of fused-ring (bicyclic) bond motifs is 7. The molecule has 3 heterocycles. The van der Waals surface area contributed by atoms with E-state index in [1.54, 1.807) is 6.08 Å². The summed E-state index contributed by atoms with van der Waals surface area (Å²) in [5, 5.41) is 6.48. The summed E-state index contributed by atoms with van der Waals surface area (Å²) in [6.07, 6.45) is 2.66. The third kappa shape index (κ3) is 4.57. The maximum atomic E-state index is 5.53. The maximum absolute atomic E-state index is 5.53. The minimum absolute atomic E-state index is 0.871. The molecule has 0 amide bonds. The Balaban J connectivity index is 0.000000189. The zero-order valence-electron chi connectivity index (χ0n) is 24.7. The van der Waals surface area contributed by atoms with Gasteiger partial charge in [0, 0.05) is 62.5 Å². The summed E-state index contributed by atoms with van der Waals surface area (Å²) in [6.45, 7) is 9.74. The number of furan rings is 1. The molecule has 3 nitrogen and oxygen atoms in total. The topological polar surface area (TPSA) is 33.9 Å². The molecule has 8 aromatic rings. The number of aryl methyl sites for hydroxylation is 2. The van der Waals surface area contributed by atoms with E-state index in [9.17, 15) is 0 Å². The Morgan fingerprint density at radius 2 is 1.31 bits per heavy atom. The third-order valence-electron chi connectivity index (χ3n) is 8.07. The van der Waals surface area contributed by atoms with E-state index in [1.807, 2.05) is 39.0 Å². The van der Waals surface area contributed by atoms with E-state index in [1.165, 1.54) is 65.7 Å². The highest BCUT2D eigenvalue weighted by molar-refractivity contribution is 6.11. The second-order valence-electron chi connectivity index (χ2n) is 10.4. The molecule has 8 rings (SSSR count). The van der Waals surface area contributed by atoms with Crippen LogP contribution < -0.4 is 0 Å². The molecule has 0 radical (unpaired) electrons. The largest absolute Gasteiger partial charge is 0.456 e. The summed E-state index contributed by atoms with van der Waals surface area (Å²) in [7, 11) is 2.18. The molecule has 0 bridgehead atoms. The van der Waals surface area contributed by atoms with Crippen LogP contribution in [0.25, 0.3) is 60.7 Å². The quantitative estimate of drug-likeness (QED) is 0.234. The van der Waals surface area contributed by atoms with Gasteiger partial charge < -0.3 is 14.0 Å². The first-order chi connectivity index (χ1) is 20.6. The summed E-state index contributed by atoms with van der Waals surface area (Å²) in [6, 6.07) is 38.6. The number of rotatable bonds is 3. The molecule has 0 aliphatic heterocycles. The van der Waals surface area contributed by atoms with Crippen molar-refractivity contribution in [3.63, 3.8) is 0 Å². The smallest absolute Gasteiger partial charge is 0.135 e. The van der Waals surface area contributed by atoms with Crippen LogP contribution in [0, 0.1) is 6.92 Å². The zero-order chi connectivity index (χ0) is 29.2. The van der Waals surface area contributed by atoms with Gasteiger partial charge in [0.2, 0.25) is 0 Å². The van der Waals surface area contributed by atoms with Crippen molar-refractivity contribution in [2.45, 2.75) is 27.2 Å². The van der Waals surface area contributed by atoms with Crippen LogP contribution in [0.1, 0.15) is 36.3 Å². The van der Waals surface area contributed by atoms with Crippen LogP contribution in [0.3, 0.4) is 0 Å². The Hall–Kier alpha value is -5.02. The molecule has 3 heteroatoms. The molecule has 5 aromatic carbocycles. The molecule has 0 unspecified atom stereocenters. The van der Waals surface area contributed by atoms with E-state index in [2.05, 4.69) is 114 Å². The van der Waals surface area contributed by atoms with Crippen molar-refractivity contribution in [2.24, 2.45) is 7.05 Å². The highest BCUT2D eigenvalue weighted by atomic mass is 16.3. The summed E-state index contributed by atoms with van der Waals surface area (Å²) in [5.74, 6) is 0.871. The van der Waals surface area contributed by atoms with Crippen molar-refractivity contribution in [1.29, 1.82) is 0 Å². The van der Waals surface area contributed by atoms with Crippen LogP contribution in [0.15, 0.2) is 120 Å². The predicted octanol–water partition coefficient (Wildman–Crippen LogP) is 11.0. The number of H-pyrrole nitrogens is 1. The molecule has 0 saturated carbocycles. The second kappa shape index (κ2) is 11.5. The summed E-state index contributed by atoms with van der Waals surface area (Å²) < 4.78 is 7.87. The number of nitrogens with zero attached hydrogens (tertiary/aromatic N) is 1. The lowest BCUT2D eigenvalue weighted by Gasteiger charge is -2.09. The van der Waals surface area contributed by atoms with Gasteiger partial charge in [-0.15, -0.1) is 0 Å². The highest BCUT2D eigenvalue weighted by Gasteiger charge is 2.14. The molecule has 0 fully saturated rings. The Morgan fingerprint density at radius 3 is 2.10 bits per heavy atom. The number of benzene rings is 5. The van der Waals surface area contributed by atoms with Crippen molar-refractivity contribution < 1.29 is 4.42 Å². The Bertz CT molecular complexity index is 2190. The van der Waals surface area contributed by atoms with Gasteiger partial charge in [-0.1, -0.05) is 105 Å². The SMILES string of the molecule is C=Cc1oc2ccccc2c1C.CC.Cn1c2ccccc2c2cccc(Cc3cccc4[nH]c5ccccc5c34)c21. The lowest BCUT2D eigenvalue weighted by molar-refractivity contribution is 0.601. The molecule has 3 aromatic heterocycles. The van der Waals surface area contributed by atoms with Gasteiger partial charge in [0.05, 0.1) is 5.52 Å². The molecule has 0 atom stereocenters. The maximum Gasteiger partial charge on any atom is 0.135 e. The van der Waals surface area contributed by atoms with Gasteiger partial charge in [-0.05, 0) is 48.4 Å². The number of hydrogen-bond donors (Lipinski definition) is 1. The fourth-order valence-electron chi connectivity index (χ4n) is 6.18. The third-order valence-corrected chi connectivity index (χ3v) is 8.07. The summed E-state index contributed by atoms with van der Waals surface area (Å²) in [4.78, 5) is 3.57. The van der Waals surface area contributed by atoms with Gasteiger partial charge in [0.25, 0.3) is 0 Å². The molecule has 0 aliphatic rings. The fraction of sp³-hybridized carbons (Fsp3) is 0.128. The number of para-hydroxylation sites is 4. The standard InChI is InChI=1S/C26H20N2.C11H10O.C2H6/c1-28-24-15-5-3-10-19(24)20-12-6-9-18(26(20)28)16-17-8-7-14-23-25(17)21-11-2-4-13-22(21)27-23;1-3-10-8(2)9-6-4-5-7-11(9)12-10;1-2/h2-15,27H,16H2,1H3;3-7H,1H2,2H3;1-2H3. The minimum Gasteiger partial charge on any atom is -0.456 e. The van der Waals surface area contributed by atoms with Crippen molar-refractivity contribution >= 4 is 60.7 Å². The fourth-order valence-corrected chi connectivity index (χ4v) is 6.18. The van der Waals surface area contributed by atoms with Crippen LogP contribution in [0.4, 0.5) is 0 Å². The summed E-state index contributed by atoms with van der Waals surface area (Å²) >= 11 is 0. The van der Waals surface area contributed by atoms with Crippen LogP contribution >= 0.6 is 0 Å². The number of aromatic nitrogens is 2. The van der Waals surface area contributed by atoms with Gasteiger partial charge in [0.15, 0.2) is 0 Å².